The van der Waals surface area contributed by atoms with Crippen molar-refractivity contribution in [2.45, 2.75) is 160 Å². The Balaban J connectivity index is 0.000000149. The van der Waals surface area contributed by atoms with Gasteiger partial charge in [0.25, 0.3) is 0 Å². The Morgan fingerprint density at radius 1 is 0.254 bits per heavy atom. The molecule has 3 nitrogen and oxygen atoms in total. The maximum Gasteiger partial charge on any atom is 0.168 e. The number of aryl methyl sites for hydroxylation is 4. The molecule has 17 heteroatoms. The van der Waals surface area contributed by atoms with Gasteiger partial charge in [-0.1, -0.05) is 229 Å². The van der Waals surface area contributed by atoms with E-state index in [1.54, 1.807) is 0 Å². The van der Waals surface area contributed by atoms with Crippen LogP contribution >= 0.6 is 48.4 Å². The molecule has 0 radical (unpaired) electrons. The van der Waals surface area contributed by atoms with Crippen molar-refractivity contribution >= 4 is 80.3 Å². The monoisotopic (exact) mass is 1640 g/mol. The summed E-state index contributed by atoms with van der Waals surface area (Å²) in [6, 6.07) is 93.0. The van der Waals surface area contributed by atoms with Crippen molar-refractivity contribution in [3.05, 3.63) is 393 Å². The molecule has 0 bridgehead atoms. The summed E-state index contributed by atoms with van der Waals surface area (Å²) in [5.74, 6) is -6.44. The van der Waals surface area contributed by atoms with Crippen LogP contribution in [0.25, 0.3) is 0 Å². The van der Waals surface area contributed by atoms with E-state index in [0.717, 1.165) is 74.2 Å². The lowest BCUT2D eigenvalue weighted by atomic mass is 10.0. The van der Waals surface area contributed by atoms with E-state index in [4.69, 9.17) is 0 Å². The number of rotatable bonds is 21. The van der Waals surface area contributed by atoms with E-state index in [9.17, 15) is 17.6 Å². The van der Waals surface area contributed by atoms with Crippen LogP contribution in [0.2, 0.25) is 0 Å². The first-order valence-electron chi connectivity index (χ1n) is 39.4. The average molecular weight is 1640 g/mol. The van der Waals surface area contributed by atoms with Gasteiger partial charge >= 0.3 is 0 Å². The second-order valence-electron chi connectivity index (χ2n) is 30.6. The number of hydrogen-bond acceptors (Lipinski definition) is 3. The van der Waals surface area contributed by atoms with Crippen LogP contribution in [0, 0.1) is 74.2 Å². The summed E-state index contributed by atoms with van der Waals surface area (Å²) >= 11 is 0. The van der Waals surface area contributed by atoms with Gasteiger partial charge in [0, 0.05) is 97.5 Å². The predicted octanol–water partition coefficient (Wildman–Crippen LogP) is 27.6. The summed E-state index contributed by atoms with van der Waals surface area (Å²) in [5, 5.41) is 3.28. The highest BCUT2D eigenvalue weighted by Gasteiger charge is 2.50. The van der Waals surface area contributed by atoms with E-state index < -0.39 is 95.0 Å². The molecule has 114 heavy (non-hydrogen) atoms. The zero-order valence-electron chi connectivity index (χ0n) is 66.2. The predicted molar refractivity (Wildman–Crippen MR) is 470 cm³/mol. The molecule has 3 aliphatic heterocycles. The zero-order valence-corrected chi connectivity index (χ0v) is 71.6. The van der Waals surface area contributed by atoms with Crippen LogP contribution < -0.4 is 31.8 Å². The Labute approximate surface area is 677 Å². The lowest BCUT2D eigenvalue weighted by molar-refractivity contribution is 0.509. The van der Waals surface area contributed by atoms with Crippen molar-refractivity contribution in [1.29, 1.82) is 0 Å². The summed E-state index contributed by atoms with van der Waals surface area (Å²) in [4.78, 5) is 0. The third kappa shape index (κ3) is 19.2. The smallest absolute Gasteiger partial charge is 0.168 e. The molecule has 0 aliphatic carbocycles. The van der Waals surface area contributed by atoms with Gasteiger partial charge in [-0.05, 0) is 261 Å². The summed E-state index contributed by atoms with van der Waals surface area (Å²) in [6.07, 6.45) is 6.17. The second kappa shape index (κ2) is 38.7. The Kier molecular flexibility index (Phi) is 28.7. The van der Waals surface area contributed by atoms with Crippen LogP contribution in [0.1, 0.15) is 170 Å². The molecule has 0 unspecified atom stereocenters. The largest absolute Gasteiger partial charge is 0.249 e. The lowest BCUT2D eigenvalue weighted by Gasteiger charge is -2.45. The third-order valence-electron chi connectivity index (χ3n) is 21.4. The quantitative estimate of drug-likeness (QED) is 0.0524. The summed E-state index contributed by atoms with van der Waals surface area (Å²) in [7, 11) is -7.22. The number of hydrogen-bond donors (Lipinski definition) is 0. The van der Waals surface area contributed by atoms with Gasteiger partial charge in [-0.3, -0.25) is 0 Å². The van der Waals surface area contributed by atoms with Gasteiger partial charge in [0.2, 0.25) is 0 Å². The molecule has 0 N–H and O–H groups in total. The van der Waals surface area contributed by atoms with Crippen molar-refractivity contribution in [2.75, 3.05) is 0 Å². The van der Waals surface area contributed by atoms with Gasteiger partial charge < -0.3 is 0 Å². The van der Waals surface area contributed by atoms with Gasteiger partial charge in [-0.2, -0.15) is 0 Å². The van der Waals surface area contributed by atoms with E-state index in [1.165, 1.54) is 103 Å². The Bertz CT molecular complexity index is 4700. The van der Waals surface area contributed by atoms with Gasteiger partial charge in [0.15, 0.2) is 23.3 Å². The van der Waals surface area contributed by atoms with Crippen molar-refractivity contribution in [1.82, 2.24) is 13.3 Å². The highest BCUT2D eigenvalue weighted by atomic mass is 31.2. The summed E-state index contributed by atoms with van der Waals surface area (Å²) in [6.45, 7) is 21.9. The molecule has 12 aromatic rings. The standard InChI is InChI=1S/C35H41NP2.2C31H29F4NP2/c1-25(2)36(37(32-21-26(3)19-27(4)22-32)33-23-28(5)20-29(6)24-33)38-34(30-13-9-7-10-14-30)17-18-35(38)31-15-11-8-12-16-31;1-21(2)36(38(28-17-9-15-24(32)30(28)34)29-18-10-16-25(33)31(29)35)37-26(22-11-5-3-6-12-22)19-20-27(37)23-13-7-4-8-14-23;1-21(2)36(38(30-19-24(32)13-15-26(30)34)31-20-25(33)14-16-27(31)35)37-28(22-9-5-3-6-10-22)17-18-29(37)23-11-7-4-8-12-23/h7-16,19-25,34-35H,17-18H2,1-6H3;3-18,21,26-27H,19-20H2,1-2H3;3-16,19-21,28-29H,17-18H2,1-2H3/t34-,35-;26-,27-;28-,29-/m000/s1. The molecule has 12 aromatic carbocycles. The van der Waals surface area contributed by atoms with Crippen LogP contribution in [0.15, 0.2) is 291 Å². The molecule has 588 valence electrons. The van der Waals surface area contributed by atoms with Crippen molar-refractivity contribution < 1.29 is 35.1 Å². The topological polar surface area (TPSA) is 9.72 Å². The average Bonchev–Trinajstić information content (AvgIpc) is 1.51. The zero-order chi connectivity index (χ0) is 80.4. The fraction of sp³-hybridized carbons (Fsp3) is 0.258. The number of halogens is 8. The van der Waals surface area contributed by atoms with Crippen LogP contribution in [-0.2, 0) is 0 Å². The van der Waals surface area contributed by atoms with Crippen molar-refractivity contribution in [3.63, 3.8) is 0 Å². The molecule has 3 heterocycles. The molecule has 6 atom stereocenters. The number of benzene rings is 12. The highest BCUT2D eigenvalue weighted by molar-refractivity contribution is 7.81. The van der Waals surface area contributed by atoms with E-state index in [1.807, 2.05) is 100 Å². The Morgan fingerprint density at radius 3 is 0.737 bits per heavy atom. The van der Waals surface area contributed by atoms with Gasteiger partial charge in [-0.15, -0.1) is 0 Å². The fourth-order valence-electron chi connectivity index (χ4n) is 16.9. The Morgan fingerprint density at radius 2 is 0.491 bits per heavy atom. The van der Waals surface area contributed by atoms with Crippen LogP contribution in [-0.4, -0.2) is 31.4 Å². The molecular weight excluding hydrogens is 1540 g/mol. The molecule has 3 aliphatic rings. The molecular formula is C97H99F8N3P6. The Hall–Kier alpha value is -7.46. The van der Waals surface area contributed by atoms with Gasteiger partial charge in [-0.25, -0.2) is 48.4 Å². The minimum absolute atomic E-state index is 0.0752. The second-order valence-corrected chi connectivity index (χ2v) is 45.0. The molecule has 3 saturated heterocycles. The lowest BCUT2D eigenvalue weighted by Crippen LogP contribution is -2.34. The van der Waals surface area contributed by atoms with Crippen molar-refractivity contribution in [2.24, 2.45) is 0 Å². The molecule has 0 aromatic heterocycles. The molecule has 0 spiro atoms. The normalized spacial score (nSPS) is 18.1. The first-order valence-corrected chi connectivity index (χ1v) is 47.6. The van der Waals surface area contributed by atoms with Gasteiger partial charge in [0.05, 0.1) is 0 Å². The molecule has 0 saturated carbocycles. The molecule has 3 fully saturated rings. The fourth-order valence-corrected chi connectivity index (χ4v) is 40.3. The van der Waals surface area contributed by atoms with Crippen molar-refractivity contribution in [3.8, 4) is 0 Å². The minimum Gasteiger partial charge on any atom is -0.249 e. The van der Waals surface area contributed by atoms with Crippen LogP contribution in [0.4, 0.5) is 35.1 Å². The van der Waals surface area contributed by atoms with E-state index in [2.05, 4.69) is 200 Å². The molecule has 15 rings (SSSR count). The maximum atomic E-state index is 15.5. The highest BCUT2D eigenvalue weighted by Crippen LogP contribution is 2.80. The van der Waals surface area contributed by atoms with E-state index in [0.29, 0.717) is 17.4 Å². The van der Waals surface area contributed by atoms with E-state index in [-0.39, 0.29) is 55.9 Å². The first kappa shape index (κ1) is 84.5. The molecule has 0 amide bonds. The summed E-state index contributed by atoms with van der Waals surface area (Å²) in [5.41, 5.74) is 14.9. The summed E-state index contributed by atoms with van der Waals surface area (Å²) < 4.78 is 128. The van der Waals surface area contributed by atoms with E-state index >= 15 is 17.6 Å². The maximum absolute atomic E-state index is 15.5. The minimum atomic E-state index is -1.94. The number of nitrogens with zero attached hydrogens (tertiary/aromatic N) is 3. The first-order chi connectivity index (χ1) is 55.0. The van der Waals surface area contributed by atoms with Gasteiger partial charge in [0.1, 0.15) is 23.3 Å². The van der Waals surface area contributed by atoms with Crippen LogP contribution in [0.3, 0.4) is 0 Å². The third-order valence-corrected chi connectivity index (χ3v) is 42.1. The van der Waals surface area contributed by atoms with Crippen LogP contribution in [0.5, 0.6) is 0 Å². The SMILES string of the molecule is CC(C)N(P(c1cc(F)ccc1F)c1cc(F)ccc1F)P1[C@H](c2ccccc2)CC[C@H]1c1ccccc1.CC(C)N(P(c1cccc(F)c1F)c1cccc(F)c1F)P1[C@H](c2ccccc2)CC[C@H]1c1ccccc1.Cc1cc(C)cc(P(c2cc(C)cc(C)c2)N(C(C)C)P2[C@H](c3ccccc3)CC[C@H]2c2ccccc2)c1.